The van der Waals surface area contributed by atoms with Gasteiger partial charge in [0.05, 0.1) is 19.2 Å². The van der Waals surface area contributed by atoms with E-state index >= 15 is 0 Å². The van der Waals surface area contributed by atoms with Crippen LogP contribution < -0.4 is 21.3 Å². The van der Waals surface area contributed by atoms with Crippen molar-refractivity contribution in [1.29, 1.82) is 0 Å². The third-order valence-corrected chi connectivity index (χ3v) is 10.5. The van der Waals surface area contributed by atoms with E-state index in [9.17, 15) is 38.7 Å². The molecule has 5 atom stereocenters. The topological polar surface area (TPSA) is 200 Å². The largest absolute Gasteiger partial charge is 0.479 e. The molecule has 294 valence electrons. The monoisotopic (exact) mass is 759 g/mol. The number of benzene rings is 1. The van der Waals surface area contributed by atoms with Crippen LogP contribution in [0.1, 0.15) is 105 Å². The van der Waals surface area contributed by atoms with Gasteiger partial charge in [-0.3, -0.25) is 24.0 Å². The summed E-state index contributed by atoms with van der Waals surface area (Å²) in [7, 11) is 0. The molecule has 1 heterocycles. The number of hydrogen-bond acceptors (Lipinski definition) is 9. The summed E-state index contributed by atoms with van der Waals surface area (Å²) in [4.78, 5) is 93.5. The fourth-order valence-corrected chi connectivity index (χ4v) is 8.20. The first kappa shape index (κ1) is 43.3. The molecule has 53 heavy (non-hydrogen) atoms. The van der Waals surface area contributed by atoms with E-state index in [0.29, 0.717) is 18.4 Å². The van der Waals surface area contributed by atoms with E-state index in [-0.39, 0.29) is 47.3 Å². The first-order valence-electron chi connectivity index (χ1n) is 18.6. The van der Waals surface area contributed by atoms with Gasteiger partial charge in [0.25, 0.3) is 5.91 Å². The summed E-state index contributed by atoms with van der Waals surface area (Å²) >= 11 is 1.64. The predicted octanol–water partition coefficient (Wildman–Crippen LogP) is 3.73. The Labute approximate surface area is 316 Å². The lowest BCUT2D eigenvalue weighted by atomic mass is 9.83. The molecular formula is C38H57N5O9S. The second kappa shape index (κ2) is 20.4. The zero-order valence-electron chi connectivity index (χ0n) is 31.8. The number of Topliss-reactive ketones (excluding diaryl/α,β-unsaturated/α-hetero) is 1. The molecule has 0 aromatic heterocycles. The van der Waals surface area contributed by atoms with Gasteiger partial charge >= 0.3 is 12.1 Å². The first-order chi connectivity index (χ1) is 25.0. The number of amides is 5. The van der Waals surface area contributed by atoms with E-state index in [1.807, 2.05) is 34.6 Å². The van der Waals surface area contributed by atoms with Crippen molar-refractivity contribution in [1.82, 2.24) is 26.2 Å². The third kappa shape index (κ3) is 13.7. The number of carboxylic acids is 1. The molecule has 1 aromatic carbocycles. The maximum Gasteiger partial charge on any atom is 0.407 e. The third-order valence-electron chi connectivity index (χ3n) is 9.11. The van der Waals surface area contributed by atoms with Crippen LogP contribution in [0.5, 0.6) is 0 Å². The summed E-state index contributed by atoms with van der Waals surface area (Å²) < 4.78 is 5.20. The highest BCUT2D eigenvalue weighted by molar-refractivity contribution is 8.01. The van der Waals surface area contributed by atoms with Crippen LogP contribution in [0.3, 0.4) is 0 Å². The lowest BCUT2D eigenvalue weighted by molar-refractivity contribution is -0.144. The van der Waals surface area contributed by atoms with Crippen molar-refractivity contribution in [3.63, 3.8) is 0 Å². The summed E-state index contributed by atoms with van der Waals surface area (Å²) in [5.74, 6) is -5.22. The van der Waals surface area contributed by atoms with Gasteiger partial charge in [0.15, 0.2) is 6.04 Å². The van der Waals surface area contributed by atoms with Gasteiger partial charge < -0.3 is 36.0 Å². The number of ether oxygens (including phenoxy) is 1. The smallest absolute Gasteiger partial charge is 0.407 e. The molecule has 5 unspecified atom stereocenters. The van der Waals surface area contributed by atoms with Crippen molar-refractivity contribution in [2.75, 3.05) is 19.7 Å². The van der Waals surface area contributed by atoms with Crippen molar-refractivity contribution in [2.24, 2.45) is 11.8 Å². The van der Waals surface area contributed by atoms with Crippen LogP contribution in [-0.4, -0.2) is 99.3 Å². The molecule has 1 aromatic rings. The minimum Gasteiger partial charge on any atom is -0.479 e. The van der Waals surface area contributed by atoms with Gasteiger partial charge in [-0.05, 0) is 43.1 Å². The number of alkyl carbamates (subject to hydrolysis) is 1. The van der Waals surface area contributed by atoms with Crippen LogP contribution in [0.2, 0.25) is 0 Å². The van der Waals surface area contributed by atoms with Crippen molar-refractivity contribution < 1.29 is 43.4 Å². The van der Waals surface area contributed by atoms with Gasteiger partial charge in [0.2, 0.25) is 23.5 Å². The lowest BCUT2D eigenvalue weighted by Crippen LogP contribution is -2.58. The summed E-state index contributed by atoms with van der Waals surface area (Å²) in [6.45, 7) is 11.5. The molecule has 2 fully saturated rings. The van der Waals surface area contributed by atoms with Gasteiger partial charge in [-0.1, -0.05) is 97.6 Å². The summed E-state index contributed by atoms with van der Waals surface area (Å²) in [6, 6.07) is 3.57. The van der Waals surface area contributed by atoms with E-state index in [1.54, 1.807) is 36.9 Å². The molecule has 3 rings (SSSR count). The Morgan fingerprint density at radius 2 is 1.62 bits per heavy atom. The van der Waals surface area contributed by atoms with Gasteiger partial charge in [-0.25, -0.2) is 9.59 Å². The maximum absolute atomic E-state index is 14.4. The van der Waals surface area contributed by atoms with Crippen LogP contribution >= 0.6 is 11.8 Å². The molecule has 2 aliphatic rings. The fourth-order valence-electron chi connectivity index (χ4n) is 6.69. The molecule has 1 aliphatic carbocycles. The minimum absolute atomic E-state index is 0.105. The number of carbonyl (C=O) groups excluding carboxylic acids is 6. The molecule has 15 heteroatoms. The number of thioether (sulfide) groups is 1. The first-order valence-corrected chi connectivity index (χ1v) is 19.5. The standard InChI is InChI=1S/C38H57N5O9S/c1-7-14-27(32(45)34(47)39-20-29(44)41-31(36(49)50)25-17-12-9-13-18-25)40-33(46)28-19-26(53-38(4,5)6)21-43(28)35(48)30(24-15-10-8-11-16-24)42-37(51)52-22-23(2)3/h9,12-13,17-18,23-24,26-28,30-31H,7-8,10-11,14-16,19-22H2,1-6H3,(H,39,47)(H,40,46)(H,41,44)(H,42,51)(H,49,50). The Balaban J connectivity index is 1.76. The zero-order chi connectivity index (χ0) is 39.3. The van der Waals surface area contributed by atoms with E-state index in [2.05, 4.69) is 21.3 Å². The average molecular weight is 760 g/mol. The maximum atomic E-state index is 14.4. The molecule has 1 saturated carbocycles. The van der Waals surface area contributed by atoms with Gasteiger partial charge in [-0.15, -0.1) is 0 Å². The Kier molecular flexibility index (Phi) is 16.6. The van der Waals surface area contributed by atoms with Crippen LogP contribution in [0.15, 0.2) is 30.3 Å². The van der Waals surface area contributed by atoms with Crippen LogP contribution in [0.25, 0.3) is 0 Å². The quantitative estimate of drug-likeness (QED) is 0.146. The van der Waals surface area contributed by atoms with Crippen LogP contribution in [-0.2, 0) is 33.5 Å². The van der Waals surface area contributed by atoms with Crippen LogP contribution in [0, 0.1) is 11.8 Å². The summed E-state index contributed by atoms with van der Waals surface area (Å²) in [5, 5.41) is 19.6. The van der Waals surface area contributed by atoms with Crippen molar-refractivity contribution in [3.8, 4) is 0 Å². The van der Waals surface area contributed by atoms with E-state index in [4.69, 9.17) is 4.74 Å². The average Bonchev–Trinajstić information content (AvgIpc) is 3.53. The Morgan fingerprint density at radius 1 is 0.962 bits per heavy atom. The second-order valence-electron chi connectivity index (χ2n) is 15.3. The second-order valence-corrected chi connectivity index (χ2v) is 17.4. The number of likely N-dealkylation sites (tertiary alicyclic amines) is 1. The van der Waals surface area contributed by atoms with E-state index in [1.165, 1.54) is 17.0 Å². The summed E-state index contributed by atoms with van der Waals surface area (Å²) in [5.41, 5.74) is 0.330. The number of ketones is 1. The van der Waals surface area contributed by atoms with Crippen molar-refractivity contribution >= 4 is 53.2 Å². The normalized spacial score (nSPS) is 19.4. The van der Waals surface area contributed by atoms with E-state index < -0.39 is 66.3 Å². The zero-order valence-corrected chi connectivity index (χ0v) is 32.6. The summed E-state index contributed by atoms with van der Waals surface area (Å²) in [6.07, 6.45) is 4.54. The van der Waals surface area contributed by atoms with E-state index in [0.717, 1.165) is 32.1 Å². The number of carboxylic acid groups (broad SMARTS) is 1. The molecule has 14 nitrogen and oxygen atoms in total. The molecule has 0 bridgehead atoms. The number of rotatable bonds is 17. The minimum atomic E-state index is -1.36. The molecule has 5 amide bonds. The van der Waals surface area contributed by atoms with Gasteiger partial charge in [0.1, 0.15) is 12.1 Å². The Bertz CT molecular complexity index is 1440. The highest BCUT2D eigenvalue weighted by atomic mass is 32.2. The number of aliphatic carboxylic acids is 1. The molecule has 1 saturated heterocycles. The molecule has 1 aliphatic heterocycles. The number of nitrogens with zero attached hydrogens (tertiary/aromatic N) is 1. The van der Waals surface area contributed by atoms with Crippen molar-refractivity contribution in [3.05, 3.63) is 35.9 Å². The van der Waals surface area contributed by atoms with Gasteiger partial charge in [0, 0.05) is 16.5 Å². The Morgan fingerprint density at radius 3 is 2.21 bits per heavy atom. The highest BCUT2D eigenvalue weighted by Crippen LogP contribution is 2.37. The van der Waals surface area contributed by atoms with Crippen molar-refractivity contribution in [2.45, 2.75) is 127 Å². The Hall–Kier alpha value is -4.14. The SMILES string of the molecule is CCCC(NC(=O)C1CC(SC(C)(C)C)CN1C(=O)C(NC(=O)OCC(C)C)C1CCCCC1)C(=O)C(=O)NCC(=O)NC(C(=O)O)c1ccccc1. The number of nitrogens with one attached hydrogen (secondary N) is 4. The molecular weight excluding hydrogens is 703 g/mol. The van der Waals surface area contributed by atoms with Gasteiger partial charge in [-0.2, -0.15) is 11.8 Å². The molecule has 5 N–H and O–H groups in total. The lowest BCUT2D eigenvalue weighted by Gasteiger charge is -2.34. The molecule has 0 radical (unpaired) electrons. The number of carbonyl (C=O) groups is 7. The highest BCUT2D eigenvalue weighted by Gasteiger charge is 2.46. The van der Waals surface area contributed by atoms with Crippen LogP contribution in [0.4, 0.5) is 4.79 Å². The predicted molar refractivity (Wildman–Crippen MR) is 201 cm³/mol. The number of hydrogen-bond donors (Lipinski definition) is 5. The fraction of sp³-hybridized carbons (Fsp3) is 0.658. The molecule has 0 spiro atoms.